The molecule has 2 N–H and O–H groups in total. The summed E-state index contributed by atoms with van der Waals surface area (Å²) < 4.78 is 0. The first-order valence-electron chi connectivity index (χ1n) is 9.27. The summed E-state index contributed by atoms with van der Waals surface area (Å²) in [4.78, 5) is 11.7. The molecule has 4 heteroatoms. The molecular weight excluding hydrogens is 307 g/mol. The van der Waals surface area contributed by atoms with Gasteiger partial charge in [0.05, 0.1) is 10.8 Å². The molecule has 0 saturated heterocycles. The van der Waals surface area contributed by atoms with Crippen LogP contribution in [0, 0.1) is 16.7 Å². The Morgan fingerprint density at radius 2 is 1.83 bits per heavy atom. The molecule has 1 rings (SSSR count). The molecular formula is C19H37O3P. The van der Waals surface area contributed by atoms with Crippen molar-refractivity contribution >= 4 is 15.2 Å². The Morgan fingerprint density at radius 1 is 1.17 bits per heavy atom. The van der Waals surface area contributed by atoms with Crippen LogP contribution < -0.4 is 0 Å². The van der Waals surface area contributed by atoms with Gasteiger partial charge in [-0.15, -0.1) is 9.24 Å². The second-order valence-corrected chi connectivity index (χ2v) is 9.98. The molecule has 0 amide bonds. The zero-order valence-electron chi connectivity index (χ0n) is 15.5. The average molecular weight is 344 g/mol. The van der Waals surface area contributed by atoms with Gasteiger partial charge >= 0.3 is 5.97 Å². The summed E-state index contributed by atoms with van der Waals surface area (Å²) in [5.41, 5.74) is -0.261. The van der Waals surface area contributed by atoms with E-state index in [9.17, 15) is 15.0 Å². The molecule has 3 unspecified atom stereocenters. The number of unbranched alkanes of at least 4 members (excludes halogenated alkanes) is 2. The Kier molecular flexibility index (Phi) is 7.54. The number of carbonyl (C=O) groups is 1. The molecule has 1 aliphatic carbocycles. The molecule has 0 aliphatic heterocycles. The van der Waals surface area contributed by atoms with Crippen molar-refractivity contribution in [2.45, 2.75) is 97.2 Å². The van der Waals surface area contributed by atoms with Crippen LogP contribution >= 0.6 is 9.24 Å². The number of rotatable bonds is 12. The molecule has 0 aromatic rings. The normalized spacial score (nSPS) is 26.8. The standard InChI is InChI=1S/C19H37O3P/c1-5-6-7-9-15-14-19(15,16(20)21)11-8-10-17(2,3)12-13-18(4,22)23/h15,22H,5-14,23H2,1-4H3,(H,20,21)/t15-,18?,19?/m1/s1. The highest BCUT2D eigenvalue weighted by Gasteiger charge is 2.58. The Balaban J connectivity index is 2.38. The molecule has 3 nitrogen and oxygen atoms in total. The lowest BCUT2D eigenvalue weighted by molar-refractivity contribution is -0.144. The van der Waals surface area contributed by atoms with Crippen LogP contribution in [0.1, 0.15) is 91.9 Å². The van der Waals surface area contributed by atoms with E-state index in [0.29, 0.717) is 5.92 Å². The fourth-order valence-corrected chi connectivity index (χ4v) is 3.82. The van der Waals surface area contributed by atoms with Crippen molar-refractivity contribution in [3.63, 3.8) is 0 Å². The lowest BCUT2D eigenvalue weighted by Gasteiger charge is -2.28. The maximum Gasteiger partial charge on any atom is 0.309 e. The van der Waals surface area contributed by atoms with Crippen molar-refractivity contribution < 1.29 is 15.0 Å². The molecule has 0 radical (unpaired) electrons. The van der Waals surface area contributed by atoms with E-state index in [-0.39, 0.29) is 5.41 Å². The van der Waals surface area contributed by atoms with Gasteiger partial charge in [-0.3, -0.25) is 4.79 Å². The van der Waals surface area contributed by atoms with Crippen LogP contribution in [0.15, 0.2) is 0 Å². The minimum atomic E-state index is -0.694. The van der Waals surface area contributed by atoms with Gasteiger partial charge in [0, 0.05) is 0 Å². The predicted octanol–water partition coefficient (Wildman–Crippen LogP) is 5.22. The average Bonchev–Trinajstić information content (AvgIpc) is 3.11. The number of aliphatic hydroxyl groups is 1. The monoisotopic (exact) mass is 344 g/mol. The van der Waals surface area contributed by atoms with E-state index in [4.69, 9.17) is 0 Å². The van der Waals surface area contributed by atoms with Crippen molar-refractivity contribution in [2.24, 2.45) is 16.7 Å². The van der Waals surface area contributed by atoms with Gasteiger partial charge in [0.2, 0.25) is 0 Å². The molecule has 0 spiro atoms. The van der Waals surface area contributed by atoms with Crippen molar-refractivity contribution in [1.82, 2.24) is 0 Å². The van der Waals surface area contributed by atoms with Gasteiger partial charge < -0.3 is 10.2 Å². The van der Waals surface area contributed by atoms with Gasteiger partial charge in [-0.25, -0.2) is 0 Å². The number of carboxylic acid groups (broad SMARTS) is 1. The van der Waals surface area contributed by atoms with Crippen molar-refractivity contribution in [3.8, 4) is 0 Å². The first kappa shape index (κ1) is 20.9. The van der Waals surface area contributed by atoms with E-state index in [0.717, 1.165) is 44.9 Å². The summed E-state index contributed by atoms with van der Waals surface area (Å²) in [6.45, 7) is 8.45. The largest absolute Gasteiger partial charge is 0.481 e. The van der Waals surface area contributed by atoms with Crippen molar-refractivity contribution in [1.29, 1.82) is 0 Å². The second-order valence-electron chi connectivity index (χ2n) is 8.73. The molecule has 136 valence electrons. The molecule has 23 heavy (non-hydrogen) atoms. The first-order valence-corrected chi connectivity index (χ1v) is 9.85. The van der Waals surface area contributed by atoms with Gasteiger partial charge in [-0.2, -0.15) is 0 Å². The molecule has 1 aliphatic rings. The molecule has 0 bridgehead atoms. The predicted molar refractivity (Wildman–Crippen MR) is 99.5 cm³/mol. The highest BCUT2D eigenvalue weighted by molar-refractivity contribution is 7.18. The Labute approximate surface area is 144 Å². The highest BCUT2D eigenvalue weighted by Crippen LogP contribution is 2.59. The van der Waals surface area contributed by atoms with E-state index < -0.39 is 16.7 Å². The fraction of sp³-hybridized carbons (Fsp3) is 0.947. The Morgan fingerprint density at radius 3 is 2.35 bits per heavy atom. The van der Waals surface area contributed by atoms with E-state index in [2.05, 4.69) is 30.0 Å². The fourth-order valence-electron chi connectivity index (χ4n) is 3.67. The van der Waals surface area contributed by atoms with Crippen LogP contribution in [0.2, 0.25) is 0 Å². The molecule has 4 atom stereocenters. The SMILES string of the molecule is CCCCC[C@@H]1CC1(CCCC(C)(C)CCC(C)(O)P)C(=O)O. The minimum Gasteiger partial charge on any atom is -0.481 e. The Hall–Kier alpha value is -0.140. The summed E-state index contributed by atoms with van der Waals surface area (Å²) >= 11 is 0. The number of carboxylic acids is 1. The van der Waals surface area contributed by atoms with Crippen LogP contribution in [0.4, 0.5) is 0 Å². The third-order valence-corrected chi connectivity index (χ3v) is 5.89. The molecule has 1 saturated carbocycles. The van der Waals surface area contributed by atoms with Crippen LogP contribution in [0.5, 0.6) is 0 Å². The van der Waals surface area contributed by atoms with E-state index in [1.165, 1.54) is 19.3 Å². The third kappa shape index (κ3) is 7.10. The zero-order chi connectivity index (χ0) is 17.7. The summed E-state index contributed by atoms with van der Waals surface area (Å²) in [5.74, 6) is -0.174. The second kappa shape index (κ2) is 8.30. The highest BCUT2D eigenvalue weighted by atomic mass is 31.0. The van der Waals surface area contributed by atoms with Crippen LogP contribution in [0.25, 0.3) is 0 Å². The smallest absolute Gasteiger partial charge is 0.309 e. The molecule has 0 aromatic heterocycles. The molecule has 0 aromatic carbocycles. The van der Waals surface area contributed by atoms with Crippen LogP contribution in [-0.2, 0) is 4.79 Å². The summed E-state index contributed by atoms with van der Waals surface area (Å²) in [6.07, 6.45) is 10.1. The van der Waals surface area contributed by atoms with Crippen LogP contribution in [0.3, 0.4) is 0 Å². The lowest BCUT2D eigenvalue weighted by atomic mass is 9.80. The molecule has 1 fully saturated rings. The summed E-state index contributed by atoms with van der Waals surface area (Å²) in [6, 6.07) is 0. The van der Waals surface area contributed by atoms with Gasteiger partial charge in [0.25, 0.3) is 0 Å². The van der Waals surface area contributed by atoms with E-state index >= 15 is 0 Å². The Bertz CT molecular complexity index is 387. The van der Waals surface area contributed by atoms with Crippen LogP contribution in [-0.4, -0.2) is 21.5 Å². The summed E-state index contributed by atoms with van der Waals surface area (Å²) in [5, 5.41) is 18.8. The molecule has 0 heterocycles. The van der Waals surface area contributed by atoms with Gasteiger partial charge in [0.15, 0.2) is 0 Å². The maximum absolute atomic E-state index is 11.7. The number of hydrogen-bond acceptors (Lipinski definition) is 2. The minimum absolute atomic E-state index is 0.160. The maximum atomic E-state index is 11.7. The number of hydrogen-bond donors (Lipinski definition) is 2. The van der Waals surface area contributed by atoms with Gasteiger partial charge in [-0.05, 0) is 56.8 Å². The topological polar surface area (TPSA) is 57.5 Å². The zero-order valence-corrected chi connectivity index (χ0v) is 16.7. The van der Waals surface area contributed by atoms with E-state index in [1.54, 1.807) is 0 Å². The van der Waals surface area contributed by atoms with Crippen molar-refractivity contribution in [3.05, 3.63) is 0 Å². The summed E-state index contributed by atoms with van der Waals surface area (Å²) in [7, 11) is 2.49. The van der Waals surface area contributed by atoms with Crippen molar-refractivity contribution in [2.75, 3.05) is 0 Å². The quantitative estimate of drug-likeness (QED) is 0.377. The van der Waals surface area contributed by atoms with Gasteiger partial charge in [-0.1, -0.05) is 46.5 Å². The van der Waals surface area contributed by atoms with Gasteiger partial charge in [0.1, 0.15) is 0 Å². The third-order valence-electron chi connectivity index (χ3n) is 5.60. The number of aliphatic carboxylic acids is 1. The first-order chi connectivity index (χ1) is 10.5. The lowest BCUT2D eigenvalue weighted by Crippen LogP contribution is -2.22. The van der Waals surface area contributed by atoms with E-state index in [1.807, 2.05) is 6.92 Å².